The smallest absolute Gasteiger partial charge is 0.320 e. The number of aliphatic carboxylic acids is 1. The number of hydrogen-bond donors (Lipinski definition) is 1. The molecule has 3 atom stereocenters. The van der Waals surface area contributed by atoms with Crippen LogP contribution in [0, 0.1) is 5.92 Å². The summed E-state index contributed by atoms with van der Waals surface area (Å²) >= 11 is 0. The number of nitrogens with zero attached hydrogens (tertiary/aromatic N) is 2. The van der Waals surface area contributed by atoms with Crippen molar-refractivity contribution in [2.45, 2.75) is 50.6 Å². The van der Waals surface area contributed by atoms with E-state index in [9.17, 15) is 9.90 Å². The van der Waals surface area contributed by atoms with Crippen LogP contribution >= 0.6 is 0 Å². The molecule has 1 saturated carbocycles. The molecule has 2 aliphatic heterocycles. The first-order valence-corrected chi connectivity index (χ1v) is 8.54. The first-order chi connectivity index (χ1) is 10.3. The van der Waals surface area contributed by atoms with Gasteiger partial charge < -0.3 is 9.84 Å². The van der Waals surface area contributed by atoms with E-state index in [2.05, 4.69) is 9.80 Å². The van der Waals surface area contributed by atoms with Crippen molar-refractivity contribution in [3.8, 4) is 0 Å². The Kier molecular flexibility index (Phi) is 5.14. The van der Waals surface area contributed by atoms with E-state index in [0.29, 0.717) is 6.04 Å². The zero-order valence-corrected chi connectivity index (χ0v) is 12.9. The van der Waals surface area contributed by atoms with Crippen molar-refractivity contribution in [2.75, 3.05) is 39.4 Å². The Morgan fingerprint density at radius 2 is 1.81 bits per heavy atom. The Balaban J connectivity index is 1.62. The number of likely N-dealkylation sites (tertiary alicyclic amines) is 1. The number of carbonyl (C=O) groups is 1. The highest BCUT2D eigenvalue weighted by Crippen LogP contribution is 2.37. The molecular formula is C16H28N2O3. The van der Waals surface area contributed by atoms with Gasteiger partial charge in [0.1, 0.15) is 6.04 Å². The highest BCUT2D eigenvalue weighted by Gasteiger charge is 2.41. The van der Waals surface area contributed by atoms with Gasteiger partial charge in [0.05, 0.1) is 13.2 Å². The molecule has 3 fully saturated rings. The number of carboxylic acids is 1. The second-order valence-corrected chi connectivity index (χ2v) is 6.74. The lowest BCUT2D eigenvalue weighted by molar-refractivity contribution is -0.148. The number of piperidine rings is 1. The number of carboxylic acid groups (broad SMARTS) is 1. The zero-order valence-electron chi connectivity index (χ0n) is 12.9. The van der Waals surface area contributed by atoms with Gasteiger partial charge in [-0.3, -0.25) is 14.6 Å². The molecule has 0 aromatic rings. The molecule has 0 aromatic carbocycles. The fourth-order valence-corrected chi connectivity index (χ4v) is 4.40. The molecule has 5 heteroatoms. The third-order valence-corrected chi connectivity index (χ3v) is 5.57. The fourth-order valence-electron chi connectivity index (χ4n) is 4.40. The average Bonchev–Trinajstić information content (AvgIpc) is 2.53. The van der Waals surface area contributed by atoms with Crippen molar-refractivity contribution < 1.29 is 14.6 Å². The molecule has 3 rings (SSSR count). The molecule has 2 saturated heterocycles. The minimum absolute atomic E-state index is 0.259. The maximum atomic E-state index is 11.6. The average molecular weight is 296 g/mol. The van der Waals surface area contributed by atoms with Crippen LogP contribution in [-0.4, -0.2) is 72.4 Å². The minimum Gasteiger partial charge on any atom is -0.480 e. The van der Waals surface area contributed by atoms with E-state index >= 15 is 0 Å². The molecule has 0 spiro atoms. The van der Waals surface area contributed by atoms with Gasteiger partial charge in [0.2, 0.25) is 0 Å². The minimum atomic E-state index is -0.624. The first-order valence-electron chi connectivity index (χ1n) is 8.54. The highest BCUT2D eigenvalue weighted by molar-refractivity contribution is 5.73. The quantitative estimate of drug-likeness (QED) is 0.850. The van der Waals surface area contributed by atoms with E-state index < -0.39 is 5.97 Å². The Labute approximate surface area is 127 Å². The molecule has 1 aliphatic carbocycles. The number of morpholine rings is 1. The number of fused-ring (bicyclic) bond motifs is 1. The largest absolute Gasteiger partial charge is 0.480 e. The summed E-state index contributed by atoms with van der Waals surface area (Å²) in [4.78, 5) is 16.4. The highest BCUT2D eigenvalue weighted by atomic mass is 16.5. The zero-order chi connectivity index (χ0) is 14.7. The van der Waals surface area contributed by atoms with Crippen molar-refractivity contribution in [3.63, 3.8) is 0 Å². The second kappa shape index (κ2) is 7.07. The summed E-state index contributed by atoms with van der Waals surface area (Å²) in [6, 6.07) is 0.250. The molecule has 3 aliphatic rings. The maximum Gasteiger partial charge on any atom is 0.320 e. The molecule has 5 nitrogen and oxygen atoms in total. The monoisotopic (exact) mass is 296 g/mol. The van der Waals surface area contributed by atoms with Crippen LogP contribution in [0.15, 0.2) is 0 Å². The van der Waals surface area contributed by atoms with E-state index in [-0.39, 0.29) is 6.04 Å². The van der Waals surface area contributed by atoms with E-state index in [1.54, 1.807) is 0 Å². The molecule has 0 radical (unpaired) electrons. The van der Waals surface area contributed by atoms with Crippen LogP contribution < -0.4 is 0 Å². The van der Waals surface area contributed by atoms with Crippen LogP contribution in [-0.2, 0) is 9.53 Å². The Morgan fingerprint density at radius 3 is 2.57 bits per heavy atom. The molecule has 0 bridgehead atoms. The third-order valence-electron chi connectivity index (χ3n) is 5.57. The lowest BCUT2D eigenvalue weighted by atomic mass is 9.76. The summed E-state index contributed by atoms with van der Waals surface area (Å²) in [7, 11) is 0. The molecule has 2 heterocycles. The summed E-state index contributed by atoms with van der Waals surface area (Å²) < 4.78 is 5.39. The maximum absolute atomic E-state index is 11.6. The van der Waals surface area contributed by atoms with Crippen LogP contribution in [0.4, 0.5) is 0 Å². The second-order valence-electron chi connectivity index (χ2n) is 6.74. The SMILES string of the molecule is O=C(O)C1CCC2CCCCC2N1CCN1CCOCC1. The summed E-state index contributed by atoms with van der Waals surface area (Å²) in [5.74, 6) is 0.111. The topological polar surface area (TPSA) is 53.0 Å². The molecular weight excluding hydrogens is 268 g/mol. The van der Waals surface area contributed by atoms with Crippen LogP contribution in [0.25, 0.3) is 0 Å². The van der Waals surface area contributed by atoms with Gasteiger partial charge in [0.25, 0.3) is 0 Å². The number of rotatable bonds is 4. The first kappa shape index (κ1) is 15.3. The Bertz CT molecular complexity index is 357. The van der Waals surface area contributed by atoms with Crippen molar-refractivity contribution in [3.05, 3.63) is 0 Å². The van der Waals surface area contributed by atoms with Gasteiger partial charge in [-0.25, -0.2) is 0 Å². The van der Waals surface area contributed by atoms with Crippen LogP contribution in [0.1, 0.15) is 38.5 Å². The van der Waals surface area contributed by atoms with E-state index in [0.717, 1.165) is 58.2 Å². The van der Waals surface area contributed by atoms with Crippen molar-refractivity contribution >= 4 is 5.97 Å². The van der Waals surface area contributed by atoms with Gasteiger partial charge >= 0.3 is 5.97 Å². The van der Waals surface area contributed by atoms with Crippen molar-refractivity contribution in [1.82, 2.24) is 9.80 Å². The van der Waals surface area contributed by atoms with Crippen molar-refractivity contribution in [1.29, 1.82) is 0 Å². The summed E-state index contributed by atoms with van der Waals surface area (Å²) in [6.45, 7) is 5.48. The molecule has 1 N–H and O–H groups in total. The number of hydrogen-bond acceptors (Lipinski definition) is 4. The normalized spacial score (nSPS) is 35.3. The predicted octanol–water partition coefficient (Wildman–Crippen LogP) is 1.43. The van der Waals surface area contributed by atoms with Gasteiger partial charge in [-0.2, -0.15) is 0 Å². The van der Waals surface area contributed by atoms with Gasteiger partial charge in [-0.1, -0.05) is 12.8 Å². The molecule has 120 valence electrons. The van der Waals surface area contributed by atoms with E-state index in [4.69, 9.17) is 4.74 Å². The lowest BCUT2D eigenvalue weighted by Crippen LogP contribution is -2.57. The predicted molar refractivity (Wildman–Crippen MR) is 80.4 cm³/mol. The third kappa shape index (κ3) is 3.58. The summed E-state index contributed by atoms with van der Waals surface area (Å²) in [5.41, 5.74) is 0. The van der Waals surface area contributed by atoms with Gasteiger partial charge in [-0.15, -0.1) is 0 Å². The van der Waals surface area contributed by atoms with Crippen LogP contribution in [0.3, 0.4) is 0 Å². The fraction of sp³-hybridized carbons (Fsp3) is 0.938. The molecule has 3 unspecified atom stereocenters. The summed E-state index contributed by atoms with van der Waals surface area (Å²) in [5, 5.41) is 9.56. The number of ether oxygens (including phenoxy) is 1. The molecule has 0 aromatic heterocycles. The van der Waals surface area contributed by atoms with Gasteiger partial charge in [-0.05, 0) is 31.6 Å². The van der Waals surface area contributed by atoms with Crippen LogP contribution in [0.2, 0.25) is 0 Å². The van der Waals surface area contributed by atoms with Gasteiger partial charge in [0.15, 0.2) is 0 Å². The van der Waals surface area contributed by atoms with Gasteiger partial charge in [0, 0.05) is 32.2 Å². The van der Waals surface area contributed by atoms with E-state index in [1.807, 2.05) is 0 Å². The van der Waals surface area contributed by atoms with Crippen molar-refractivity contribution in [2.24, 2.45) is 5.92 Å². The molecule has 21 heavy (non-hydrogen) atoms. The molecule has 0 amide bonds. The Hall–Kier alpha value is -0.650. The lowest BCUT2D eigenvalue weighted by Gasteiger charge is -2.47. The Morgan fingerprint density at radius 1 is 1.05 bits per heavy atom. The standard InChI is InChI=1S/C16H28N2O3/c19-16(20)15-6-5-13-3-1-2-4-14(13)18(15)8-7-17-9-11-21-12-10-17/h13-15H,1-12H2,(H,19,20). The summed E-state index contributed by atoms with van der Waals surface area (Å²) in [6.07, 6.45) is 7.02. The van der Waals surface area contributed by atoms with Crippen LogP contribution in [0.5, 0.6) is 0 Å². The van der Waals surface area contributed by atoms with E-state index in [1.165, 1.54) is 25.7 Å².